The van der Waals surface area contributed by atoms with Gasteiger partial charge in [0.05, 0.1) is 27.7 Å². The summed E-state index contributed by atoms with van der Waals surface area (Å²) in [7, 11) is 0. The standard InChI is InChI=1S/C11H10Cl2F2N2OS/c12-6-3-8-9(4-7(6)13)17(11(19)16-8)1-2-18-5-10(14)15/h3-4,10H,1-2,5H2,(H,16,19). The van der Waals surface area contributed by atoms with E-state index in [0.29, 0.717) is 21.4 Å². The average Bonchev–Trinajstić information content (AvgIpc) is 2.61. The topological polar surface area (TPSA) is 29.9 Å². The first-order valence-corrected chi connectivity index (χ1v) is 6.59. The van der Waals surface area contributed by atoms with E-state index in [1.807, 2.05) is 0 Å². The summed E-state index contributed by atoms with van der Waals surface area (Å²) in [6.07, 6.45) is -2.47. The van der Waals surface area contributed by atoms with Crippen LogP contribution in [0.5, 0.6) is 0 Å². The number of benzene rings is 1. The third-order valence-electron chi connectivity index (χ3n) is 2.52. The largest absolute Gasteiger partial charge is 0.374 e. The highest BCUT2D eigenvalue weighted by atomic mass is 35.5. The van der Waals surface area contributed by atoms with Crippen LogP contribution >= 0.6 is 35.4 Å². The molecule has 0 aliphatic carbocycles. The fourth-order valence-electron chi connectivity index (χ4n) is 1.70. The molecule has 0 fully saturated rings. The SMILES string of the molecule is FC(F)COCCn1c(=S)[nH]c2cc(Cl)c(Cl)cc21. The van der Waals surface area contributed by atoms with Crippen LogP contribution < -0.4 is 0 Å². The predicted octanol–water partition coefficient (Wildman–Crippen LogP) is 4.29. The fraction of sp³-hybridized carbons (Fsp3) is 0.364. The zero-order chi connectivity index (χ0) is 14.0. The minimum absolute atomic E-state index is 0.145. The molecule has 1 heterocycles. The van der Waals surface area contributed by atoms with Crippen molar-refractivity contribution in [1.82, 2.24) is 9.55 Å². The molecule has 8 heteroatoms. The van der Waals surface area contributed by atoms with E-state index in [9.17, 15) is 8.78 Å². The molecule has 0 amide bonds. The van der Waals surface area contributed by atoms with Crippen molar-refractivity contribution in [1.29, 1.82) is 0 Å². The van der Waals surface area contributed by atoms with E-state index in [4.69, 9.17) is 40.2 Å². The Morgan fingerprint density at radius 1 is 1.32 bits per heavy atom. The maximum absolute atomic E-state index is 11.9. The van der Waals surface area contributed by atoms with Gasteiger partial charge >= 0.3 is 0 Å². The first-order valence-electron chi connectivity index (χ1n) is 5.42. The van der Waals surface area contributed by atoms with Crippen molar-refractivity contribution in [3.63, 3.8) is 0 Å². The lowest BCUT2D eigenvalue weighted by Crippen LogP contribution is -2.10. The first kappa shape index (κ1) is 14.7. The first-order chi connectivity index (χ1) is 8.99. The normalized spacial score (nSPS) is 11.6. The van der Waals surface area contributed by atoms with Gasteiger partial charge in [-0.1, -0.05) is 23.2 Å². The molecular weight excluding hydrogens is 317 g/mol. The van der Waals surface area contributed by atoms with Gasteiger partial charge in [-0.2, -0.15) is 0 Å². The Balaban J connectivity index is 2.20. The van der Waals surface area contributed by atoms with Gasteiger partial charge in [0, 0.05) is 6.54 Å². The molecule has 0 unspecified atom stereocenters. The summed E-state index contributed by atoms with van der Waals surface area (Å²) in [6.45, 7) is -0.0718. The molecule has 1 aromatic carbocycles. The van der Waals surface area contributed by atoms with Crippen LogP contribution in [0.25, 0.3) is 11.0 Å². The van der Waals surface area contributed by atoms with E-state index in [0.717, 1.165) is 11.0 Å². The molecule has 0 saturated heterocycles. The number of imidazole rings is 1. The molecule has 104 valence electrons. The Kier molecular flexibility index (Phi) is 4.78. The second-order valence-electron chi connectivity index (χ2n) is 3.83. The number of aromatic nitrogens is 2. The van der Waals surface area contributed by atoms with E-state index < -0.39 is 13.0 Å². The number of hydrogen-bond acceptors (Lipinski definition) is 2. The molecular formula is C11H10Cl2F2N2OS. The smallest absolute Gasteiger partial charge is 0.261 e. The van der Waals surface area contributed by atoms with Crippen molar-refractivity contribution < 1.29 is 13.5 Å². The Morgan fingerprint density at radius 3 is 2.68 bits per heavy atom. The Bertz CT molecular complexity index is 641. The van der Waals surface area contributed by atoms with Gasteiger partial charge in [0.2, 0.25) is 0 Å². The molecule has 1 N–H and O–H groups in total. The Hall–Kier alpha value is -0.690. The molecule has 0 aliphatic rings. The number of halogens is 4. The summed E-state index contributed by atoms with van der Waals surface area (Å²) >= 11 is 17.0. The maximum atomic E-state index is 11.9. The zero-order valence-electron chi connectivity index (χ0n) is 9.63. The third kappa shape index (κ3) is 3.45. The van der Waals surface area contributed by atoms with Crippen LogP contribution in [0.15, 0.2) is 12.1 Å². The Morgan fingerprint density at radius 2 is 2.00 bits per heavy atom. The number of aromatic amines is 1. The number of fused-ring (bicyclic) bond motifs is 1. The van der Waals surface area contributed by atoms with E-state index >= 15 is 0 Å². The minimum Gasteiger partial charge on any atom is -0.374 e. The quantitative estimate of drug-likeness (QED) is 0.656. The molecule has 0 aliphatic heterocycles. The number of ether oxygens (including phenoxy) is 1. The molecule has 0 radical (unpaired) electrons. The van der Waals surface area contributed by atoms with Crippen LogP contribution in [0.2, 0.25) is 10.0 Å². The fourth-order valence-corrected chi connectivity index (χ4v) is 2.32. The van der Waals surface area contributed by atoms with Crippen LogP contribution in [-0.2, 0) is 11.3 Å². The monoisotopic (exact) mass is 326 g/mol. The number of alkyl halides is 2. The van der Waals surface area contributed by atoms with Crippen LogP contribution in [0.3, 0.4) is 0 Å². The number of nitrogens with zero attached hydrogens (tertiary/aromatic N) is 1. The number of nitrogens with one attached hydrogen (secondary N) is 1. The lowest BCUT2D eigenvalue weighted by atomic mass is 10.3. The van der Waals surface area contributed by atoms with Crippen molar-refractivity contribution in [2.75, 3.05) is 13.2 Å². The van der Waals surface area contributed by atoms with Crippen LogP contribution in [0.4, 0.5) is 8.78 Å². The van der Waals surface area contributed by atoms with Gasteiger partial charge in [0.15, 0.2) is 4.77 Å². The second-order valence-corrected chi connectivity index (χ2v) is 5.03. The molecule has 0 atom stereocenters. The van der Waals surface area contributed by atoms with E-state index in [2.05, 4.69) is 4.98 Å². The molecule has 0 saturated carbocycles. The molecule has 19 heavy (non-hydrogen) atoms. The molecule has 1 aromatic heterocycles. The summed E-state index contributed by atoms with van der Waals surface area (Å²) in [5, 5.41) is 0.830. The summed E-state index contributed by atoms with van der Waals surface area (Å²) in [5.74, 6) is 0. The van der Waals surface area contributed by atoms with Gasteiger partial charge in [-0.05, 0) is 24.4 Å². The summed E-state index contributed by atoms with van der Waals surface area (Å²) in [5.41, 5.74) is 1.51. The molecule has 0 spiro atoms. The van der Waals surface area contributed by atoms with Crippen LogP contribution in [-0.4, -0.2) is 29.2 Å². The third-order valence-corrected chi connectivity index (χ3v) is 3.56. The molecule has 0 bridgehead atoms. The number of rotatable bonds is 5. The van der Waals surface area contributed by atoms with E-state index in [1.54, 1.807) is 16.7 Å². The summed E-state index contributed by atoms with van der Waals surface area (Å²) in [6, 6.07) is 3.35. The summed E-state index contributed by atoms with van der Waals surface area (Å²) < 4.78 is 30.9. The van der Waals surface area contributed by atoms with Crippen molar-refractivity contribution in [2.24, 2.45) is 0 Å². The van der Waals surface area contributed by atoms with Crippen LogP contribution in [0, 0.1) is 4.77 Å². The van der Waals surface area contributed by atoms with Gasteiger partial charge in [0.25, 0.3) is 6.43 Å². The van der Waals surface area contributed by atoms with Crippen molar-refractivity contribution in [3.8, 4) is 0 Å². The van der Waals surface area contributed by atoms with Crippen LogP contribution in [0.1, 0.15) is 0 Å². The van der Waals surface area contributed by atoms with Crippen molar-refractivity contribution in [3.05, 3.63) is 26.9 Å². The predicted molar refractivity (Wildman–Crippen MR) is 74.0 cm³/mol. The van der Waals surface area contributed by atoms with E-state index in [1.165, 1.54) is 0 Å². The lowest BCUT2D eigenvalue weighted by Gasteiger charge is -2.06. The minimum atomic E-state index is -2.47. The lowest BCUT2D eigenvalue weighted by molar-refractivity contribution is 0.0149. The highest BCUT2D eigenvalue weighted by molar-refractivity contribution is 7.71. The molecule has 2 aromatic rings. The molecule has 3 nitrogen and oxygen atoms in total. The van der Waals surface area contributed by atoms with Gasteiger partial charge in [-0.3, -0.25) is 0 Å². The highest BCUT2D eigenvalue weighted by Gasteiger charge is 2.08. The Labute approximate surface area is 123 Å². The number of H-pyrrole nitrogens is 1. The van der Waals surface area contributed by atoms with Gasteiger partial charge in [-0.25, -0.2) is 8.78 Å². The number of hydrogen-bond donors (Lipinski definition) is 1. The summed E-state index contributed by atoms with van der Waals surface area (Å²) in [4.78, 5) is 2.98. The average molecular weight is 327 g/mol. The zero-order valence-corrected chi connectivity index (χ0v) is 12.0. The maximum Gasteiger partial charge on any atom is 0.261 e. The highest BCUT2D eigenvalue weighted by Crippen LogP contribution is 2.27. The molecule has 2 rings (SSSR count). The second kappa shape index (κ2) is 6.17. The van der Waals surface area contributed by atoms with E-state index in [-0.39, 0.29) is 6.61 Å². The van der Waals surface area contributed by atoms with Crippen molar-refractivity contribution >= 4 is 46.5 Å². The van der Waals surface area contributed by atoms with Gasteiger partial charge in [-0.15, -0.1) is 0 Å². The van der Waals surface area contributed by atoms with Gasteiger partial charge in [0.1, 0.15) is 6.61 Å². The van der Waals surface area contributed by atoms with Gasteiger partial charge < -0.3 is 14.3 Å². The van der Waals surface area contributed by atoms with Crippen molar-refractivity contribution in [2.45, 2.75) is 13.0 Å².